The monoisotopic (exact) mass is 366 g/mol. The van der Waals surface area contributed by atoms with Crippen LogP contribution in [0.1, 0.15) is 46.5 Å². The smallest absolute Gasteiger partial charge is 0.302 e. The maximum Gasteiger partial charge on any atom is 0.482 e. The highest BCUT2D eigenvalue weighted by Gasteiger charge is 2.31. The summed E-state index contributed by atoms with van der Waals surface area (Å²) in [6.45, 7) is 5.73. The van der Waals surface area contributed by atoms with E-state index in [0.717, 1.165) is 19.3 Å². The molecule has 0 aliphatic carbocycles. The van der Waals surface area contributed by atoms with Crippen molar-refractivity contribution in [3.63, 3.8) is 0 Å². The van der Waals surface area contributed by atoms with Crippen LogP contribution in [0.4, 0.5) is 0 Å². The summed E-state index contributed by atoms with van der Waals surface area (Å²) in [5.74, 6) is 5.22. The van der Waals surface area contributed by atoms with Crippen molar-refractivity contribution in [1.82, 2.24) is 0 Å². The highest BCUT2D eigenvalue weighted by molar-refractivity contribution is 7.60. The van der Waals surface area contributed by atoms with Gasteiger partial charge in [0.05, 0.1) is 0 Å². The average Bonchev–Trinajstić information content (AvgIpc) is 2.34. The molecule has 0 saturated heterocycles. The van der Waals surface area contributed by atoms with Crippen molar-refractivity contribution in [1.29, 1.82) is 0 Å². The largest absolute Gasteiger partial charge is 0.482 e. The third kappa shape index (κ3) is 16.0. The lowest BCUT2D eigenvalue weighted by molar-refractivity contribution is 0.193. The summed E-state index contributed by atoms with van der Waals surface area (Å²) in [5.41, 5.74) is 2.57. The summed E-state index contributed by atoms with van der Waals surface area (Å²) < 4.78 is 29.4. The van der Waals surface area contributed by atoms with Crippen LogP contribution in [0.5, 0.6) is 0 Å². The molecule has 0 fully saturated rings. The standard InChI is InChI=1S/C14H24O7P2/c1-13(2)9-8-11-14(3)10-6-4-5-7-12-20-23(18,19)21-22(15,16)17/h9-10H,4,6,8,11-12H2,1-3H3,(H,18,19)(H2,15,16,17)/b14-10+. The van der Waals surface area contributed by atoms with Crippen LogP contribution in [0.2, 0.25) is 0 Å². The molecule has 0 aliphatic heterocycles. The molecule has 0 radical (unpaired) electrons. The van der Waals surface area contributed by atoms with E-state index in [1.165, 1.54) is 11.1 Å². The summed E-state index contributed by atoms with van der Waals surface area (Å²) in [7, 11) is -9.87. The van der Waals surface area contributed by atoms with Crippen molar-refractivity contribution in [3.8, 4) is 11.8 Å². The maximum absolute atomic E-state index is 11.1. The number of allylic oxidation sites excluding steroid dienone is 4. The second-order valence-corrected chi connectivity index (χ2v) is 7.91. The Morgan fingerprint density at radius 3 is 2.26 bits per heavy atom. The Morgan fingerprint density at radius 2 is 1.70 bits per heavy atom. The summed E-state index contributed by atoms with van der Waals surface area (Å²) in [5, 5.41) is 0. The first-order valence-electron chi connectivity index (χ1n) is 7.01. The number of rotatable bonds is 9. The lowest BCUT2D eigenvalue weighted by Gasteiger charge is -2.09. The lowest BCUT2D eigenvalue weighted by Crippen LogP contribution is -1.94. The normalized spacial score (nSPS) is 14.6. The van der Waals surface area contributed by atoms with E-state index in [4.69, 9.17) is 14.7 Å². The first-order chi connectivity index (χ1) is 10.5. The van der Waals surface area contributed by atoms with Gasteiger partial charge >= 0.3 is 15.6 Å². The molecule has 0 heterocycles. The molecule has 0 rings (SSSR count). The molecule has 1 unspecified atom stereocenters. The second kappa shape index (κ2) is 11.0. The fourth-order valence-electron chi connectivity index (χ4n) is 1.49. The molecule has 23 heavy (non-hydrogen) atoms. The number of hydrogen-bond donors (Lipinski definition) is 3. The van der Waals surface area contributed by atoms with E-state index in [-0.39, 0.29) is 0 Å². The minimum Gasteiger partial charge on any atom is -0.302 e. The van der Waals surface area contributed by atoms with Crippen LogP contribution in [-0.4, -0.2) is 21.3 Å². The molecule has 0 aliphatic rings. The third-order valence-electron chi connectivity index (χ3n) is 2.49. The molecular weight excluding hydrogens is 342 g/mol. The number of hydrogen-bond acceptors (Lipinski definition) is 4. The van der Waals surface area contributed by atoms with Crippen molar-refractivity contribution in [3.05, 3.63) is 23.3 Å². The van der Waals surface area contributed by atoms with Gasteiger partial charge in [0.1, 0.15) is 6.61 Å². The Hall–Kier alpha value is -0.700. The van der Waals surface area contributed by atoms with Crippen molar-refractivity contribution < 1.29 is 32.6 Å². The molecule has 0 aromatic heterocycles. The molecule has 3 N–H and O–H groups in total. The molecule has 0 amide bonds. The molecule has 9 heteroatoms. The van der Waals surface area contributed by atoms with Crippen LogP contribution in [0.25, 0.3) is 0 Å². The average molecular weight is 366 g/mol. The van der Waals surface area contributed by atoms with Gasteiger partial charge < -0.3 is 14.7 Å². The first kappa shape index (κ1) is 22.3. The van der Waals surface area contributed by atoms with Gasteiger partial charge in [-0.2, -0.15) is 4.31 Å². The van der Waals surface area contributed by atoms with Gasteiger partial charge in [-0.25, -0.2) is 9.13 Å². The van der Waals surface area contributed by atoms with Crippen molar-refractivity contribution >= 4 is 15.6 Å². The van der Waals surface area contributed by atoms with E-state index in [0.29, 0.717) is 6.42 Å². The zero-order valence-electron chi connectivity index (χ0n) is 13.6. The van der Waals surface area contributed by atoms with Gasteiger partial charge in [-0.05, 0) is 40.0 Å². The molecule has 0 saturated carbocycles. The van der Waals surface area contributed by atoms with Crippen molar-refractivity contribution in [2.24, 2.45) is 0 Å². The minimum atomic E-state index is -5.08. The van der Waals surface area contributed by atoms with Gasteiger partial charge in [-0.3, -0.25) is 4.52 Å². The highest BCUT2D eigenvalue weighted by atomic mass is 31.3. The van der Waals surface area contributed by atoms with Crippen LogP contribution in [0.3, 0.4) is 0 Å². The van der Waals surface area contributed by atoms with Gasteiger partial charge in [0.2, 0.25) is 0 Å². The second-order valence-electron chi connectivity index (χ2n) is 5.08. The fourth-order valence-corrected chi connectivity index (χ4v) is 2.98. The van der Waals surface area contributed by atoms with Crippen molar-refractivity contribution in [2.75, 3.05) is 6.61 Å². The minimum absolute atomic E-state index is 0.447. The van der Waals surface area contributed by atoms with E-state index < -0.39 is 22.3 Å². The van der Waals surface area contributed by atoms with E-state index >= 15 is 0 Å². The third-order valence-corrected chi connectivity index (χ3v) is 4.62. The van der Waals surface area contributed by atoms with Crippen LogP contribution in [0.15, 0.2) is 23.3 Å². The topological polar surface area (TPSA) is 113 Å². The Morgan fingerprint density at radius 1 is 1.04 bits per heavy atom. The van der Waals surface area contributed by atoms with Crippen LogP contribution in [-0.2, 0) is 18.0 Å². The summed E-state index contributed by atoms with van der Waals surface area (Å²) in [6.07, 6.45) is 7.58. The molecule has 0 bridgehead atoms. The number of phosphoric acid groups is 2. The van der Waals surface area contributed by atoms with E-state index in [9.17, 15) is 9.13 Å². The van der Waals surface area contributed by atoms with Gasteiger partial charge in [0, 0.05) is 6.42 Å². The first-order valence-corrected chi connectivity index (χ1v) is 10.0. The number of unbranched alkanes of at least 4 members (excludes halogenated alkanes) is 1. The Balaban J connectivity index is 4.00. The van der Waals surface area contributed by atoms with Crippen LogP contribution in [0, 0.1) is 11.8 Å². The zero-order valence-corrected chi connectivity index (χ0v) is 15.3. The zero-order chi connectivity index (χ0) is 17.9. The SMILES string of the molecule is CC(C)=CCC/C(C)=C/CCC#CCOP(=O)(O)OP(=O)(O)O. The predicted molar refractivity (Wildman–Crippen MR) is 88.3 cm³/mol. The van der Waals surface area contributed by atoms with E-state index in [1.54, 1.807) is 0 Å². The molecule has 1 atom stereocenters. The Labute approximate surface area is 137 Å². The van der Waals surface area contributed by atoms with Crippen LogP contribution < -0.4 is 0 Å². The van der Waals surface area contributed by atoms with Crippen LogP contribution >= 0.6 is 15.6 Å². The van der Waals surface area contributed by atoms with Gasteiger partial charge in [-0.15, -0.1) is 5.92 Å². The Bertz CT molecular complexity index is 574. The lowest BCUT2D eigenvalue weighted by atomic mass is 10.1. The summed E-state index contributed by atoms with van der Waals surface area (Å²) in [4.78, 5) is 25.8. The highest BCUT2D eigenvalue weighted by Crippen LogP contribution is 2.57. The molecule has 132 valence electrons. The molecule has 0 aromatic carbocycles. The summed E-state index contributed by atoms with van der Waals surface area (Å²) >= 11 is 0. The molecule has 0 spiro atoms. The number of phosphoric ester groups is 1. The van der Waals surface area contributed by atoms with E-state index in [1.807, 2.05) is 0 Å². The van der Waals surface area contributed by atoms with E-state index in [2.05, 4.69) is 53.6 Å². The maximum atomic E-state index is 11.1. The molecule has 7 nitrogen and oxygen atoms in total. The molecule has 0 aromatic rings. The van der Waals surface area contributed by atoms with Crippen molar-refractivity contribution in [2.45, 2.75) is 46.5 Å². The molecular formula is C14H24O7P2. The van der Waals surface area contributed by atoms with Gasteiger partial charge in [-0.1, -0.05) is 29.2 Å². The van der Waals surface area contributed by atoms with Gasteiger partial charge in [0.15, 0.2) is 0 Å². The quantitative estimate of drug-likeness (QED) is 0.247. The van der Waals surface area contributed by atoms with Gasteiger partial charge in [0.25, 0.3) is 0 Å². The fraction of sp³-hybridized carbons (Fsp3) is 0.571. The Kier molecular flexibility index (Phi) is 10.6. The summed E-state index contributed by atoms with van der Waals surface area (Å²) in [6, 6.07) is 0. The predicted octanol–water partition coefficient (Wildman–Crippen LogP) is 3.69.